The van der Waals surface area contributed by atoms with E-state index in [4.69, 9.17) is 0 Å². The Labute approximate surface area is 186 Å². The molecule has 5 rings (SSSR count). The van der Waals surface area contributed by atoms with Crippen LogP contribution in [0.5, 0.6) is 0 Å². The summed E-state index contributed by atoms with van der Waals surface area (Å²) in [6, 6.07) is 0. The third-order valence-electron chi connectivity index (χ3n) is 12.9. The molecule has 0 aromatic heterocycles. The summed E-state index contributed by atoms with van der Waals surface area (Å²) in [7, 11) is 0. The van der Waals surface area contributed by atoms with E-state index in [2.05, 4.69) is 48.5 Å². The maximum atomic E-state index is 12.7. The maximum Gasteiger partial charge on any atom is 0.136 e. The van der Waals surface area contributed by atoms with Crippen molar-refractivity contribution in [1.29, 1.82) is 0 Å². The summed E-state index contributed by atoms with van der Waals surface area (Å²) in [5.41, 5.74) is 2.36. The van der Waals surface area contributed by atoms with Gasteiger partial charge in [-0.15, -0.1) is 0 Å². The predicted octanol–water partition coefficient (Wildman–Crippen LogP) is 8.07. The van der Waals surface area contributed by atoms with Crippen LogP contribution >= 0.6 is 0 Å². The van der Waals surface area contributed by atoms with Gasteiger partial charge in [-0.05, 0) is 115 Å². The van der Waals surface area contributed by atoms with E-state index < -0.39 is 0 Å². The Morgan fingerprint density at radius 2 is 1.30 bits per heavy atom. The lowest BCUT2D eigenvalue weighted by Gasteiger charge is -2.71. The van der Waals surface area contributed by atoms with E-state index in [1.807, 2.05) is 0 Å². The van der Waals surface area contributed by atoms with Gasteiger partial charge >= 0.3 is 0 Å². The molecule has 0 N–H and O–H groups in total. The van der Waals surface area contributed by atoms with E-state index in [1.165, 1.54) is 64.2 Å². The minimum absolute atomic E-state index is 0.250. The number of hydrogen-bond acceptors (Lipinski definition) is 1. The third-order valence-corrected chi connectivity index (χ3v) is 12.9. The summed E-state index contributed by atoms with van der Waals surface area (Å²) in [5.74, 6) is 4.31. The van der Waals surface area contributed by atoms with Crippen LogP contribution in [0.4, 0.5) is 0 Å². The Morgan fingerprint density at radius 3 is 2.03 bits per heavy atom. The van der Waals surface area contributed by atoms with Gasteiger partial charge in [-0.1, -0.05) is 48.5 Å². The molecule has 0 heterocycles. The zero-order valence-corrected chi connectivity index (χ0v) is 21.1. The van der Waals surface area contributed by atoms with Gasteiger partial charge in [0.25, 0.3) is 0 Å². The fourth-order valence-corrected chi connectivity index (χ4v) is 10.8. The number of rotatable bonds is 0. The van der Waals surface area contributed by atoms with Gasteiger partial charge in [-0.3, -0.25) is 4.79 Å². The van der Waals surface area contributed by atoms with Gasteiger partial charge in [-0.25, -0.2) is 0 Å². The highest BCUT2D eigenvalue weighted by atomic mass is 16.1. The van der Waals surface area contributed by atoms with Crippen LogP contribution in [-0.2, 0) is 4.79 Å². The van der Waals surface area contributed by atoms with Gasteiger partial charge in [0.1, 0.15) is 5.78 Å². The van der Waals surface area contributed by atoms with Gasteiger partial charge in [0.05, 0.1) is 0 Å². The molecule has 0 spiro atoms. The predicted molar refractivity (Wildman–Crippen MR) is 125 cm³/mol. The Kier molecular flexibility index (Phi) is 4.57. The molecular weight excluding hydrogens is 364 g/mol. The van der Waals surface area contributed by atoms with E-state index in [1.54, 1.807) is 0 Å². The maximum absolute atomic E-state index is 12.7. The molecule has 1 nitrogen and oxygen atoms in total. The van der Waals surface area contributed by atoms with Crippen LogP contribution in [0.2, 0.25) is 0 Å². The zero-order chi connectivity index (χ0) is 21.7. The molecule has 30 heavy (non-hydrogen) atoms. The van der Waals surface area contributed by atoms with Crippen LogP contribution in [0.1, 0.15) is 119 Å². The highest BCUT2D eigenvalue weighted by Crippen LogP contribution is 2.74. The highest BCUT2D eigenvalue weighted by Gasteiger charge is 2.67. The normalized spacial score (nSPS) is 57.6. The van der Waals surface area contributed by atoms with Crippen molar-refractivity contribution >= 4 is 5.78 Å². The largest absolute Gasteiger partial charge is 0.299 e. The van der Waals surface area contributed by atoms with Gasteiger partial charge in [0.2, 0.25) is 0 Å². The minimum atomic E-state index is 0.250. The fourth-order valence-electron chi connectivity index (χ4n) is 10.8. The average Bonchev–Trinajstić information content (AvgIpc) is 2.66. The summed E-state index contributed by atoms with van der Waals surface area (Å²) < 4.78 is 0. The van der Waals surface area contributed by atoms with Crippen molar-refractivity contribution in [3.63, 3.8) is 0 Å². The molecule has 9 atom stereocenters. The van der Waals surface area contributed by atoms with Crippen molar-refractivity contribution in [1.82, 2.24) is 0 Å². The number of Topliss-reactive ketones (excluding diaryl/α,β-unsaturated/α-hetero) is 1. The first kappa shape index (κ1) is 21.5. The number of ketones is 1. The lowest BCUT2D eigenvalue weighted by Crippen LogP contribution is -2.64. The van der Waals surface area contributed by atoms with E-state index >= 15 is 0 Å². The third kappa shape index (κ3) is 2.68. The monoisotopic (exact) mass is 412 g/mol. The Morgan fingerprint density at radius 1 is 0.667 bits per heavy atom. The summed E-state index contributed by atoms with van der Waals surface area (Å²) >= 11 is 0. The van der Waals surface area contributed by atoms with Crippen molar-refractivity contribution in [2.24, 2.45) is 56.7 Å². The molecule has 0 aromatic carbocycles. The van der Waals surface area contributed by atoms with Crippen molar-refractivity contribution in [3.05, 3.63) is 0 Å². The van der Waals surface area contributed by atoms with Crippen LogP contribution in [0.25, 0.3) is 0 Å². The molecule has 0 aromatic rings. The lowest BCUT2D eigenvalue weighted by molar-refractivity contribution is -0.219. The molecule has 5 aliphatic rings. The second kappa shape index (κ2) is 6.38. The molecule has 0 bridgehead atoms. The van der Waals surface area contributed by atoms with Crippen molar-refractivity contribution in [2.45, 2.75) is 119 Å². The fraction of sp³-hybridized carbons (Fsp3) is 0.966. The average molecular weight is 413 g/mol. The highest BCUT2D eigenvalue weighted by molar-refractivity contribution is 5.82. The molecule has 0 amide bonds. The molecule has 5 saturated carbocycles. The molecule has 0 aliphatic heterocycles. The number of hydrogen-bond donors (Lipinski definition) is 0. The van der Waals surface area contributed by atoms with E-state index in [9.17, 15) is 4.79 Å². The summed E-state index contributed by atoms with van der Waals surface area (Å²) in [5, 5.41) is 0. The number of carbonyl (C=O) groups excluding carboxylic acids is 1. The Bertz CT molecular complexity index is 737. The number of carbonyl (C=O) groups is 1. The van der Waals surface area contributed by atoms with Crippen molar-refractivity contribution < 1.29 is 4.79 Å². The standard InChI is InChI=1S/C29H48O/c1-19-22(30)8-9-23-27(19,5)13-11-24-28(6)17-16-26(4)15-14-25(2,3)18-21(26)20(28)10-12-29(23,24)7/h19-21,23-24H,8-18H2,1-7H3. The summed E-state index contributed by atoms with van der Waals surface area (Å²) in [6.07, 6.45) is 14.8. The van der Waals surface area contributed by atoms with Crippen LogP contribution < -0.4 is 0 Å². The van der Waals surface area contributed by atoms with Crippen LogP contribution in [0.3, 0.4) is 0 Å². The molecule has 1 heteroatoms. The first-order valence-electron chi connectivity index (χ1n) is 13.4. The zero-order valence-electron chi connectivity index (χ0n) is 21.1. The number of fused-ring (bicyclic) bond motifs is 7. The smallest absolute Gasteiger partial charge is 0.136 e. The molecule has 5 aliphatic carbocycles. The van der Waals surface area contributed by atoms with Crippen LogP contribution in [0, 0.1) is 56.7 Å². The quantitative estimate of drug-likeness (QED) is 0.393. The lowest BCUT2D eigenvalue weighted by atomic mass is 9.34. The topological polar surface area (TPSA) is 17.1 Å². The second-order valence-electron chi connectivity index (χ2n) is 14.7. The Balaban J connectivity index is 1.50. The SMILES string of the molecule is CC1C(=O)CCC2C1(C)CCC1C3(C)CCC4(C)CCC(C)(C)CC4C3CCC21C. The summed E-state index contributed by atoms with van der Waals surface area (Å²) in [6.45, 7) is 17.9. The van der Waals surface area contributed by atoms with Crippen LogP contribution in [0.15, 0.2) is 0 Å². The molecule has 170 valence electrons. The van der Waals surface area contributed by atoms with E-state index in [0.717, 1.165) is 30.1 Å². The van der Waals surface area contributed by atoms with E-state index in [0.29, 0.717) is 27.4 Å². The second-order valence-corrected chi connectivity index (χ2v) is 14.7. The molecule has 5 fully saturated rings. The van der Waals surface area contributed by atoms with Crippen LogP contribution in [-0.4, -0.2) is 5.78 Å². The molecule has 0 saturated heterocycles. The van der Waals surface area contributed by atoms with Gasteiger partial charge in [-0.2, -0.15) is 0 Å². The van der Waals surface area contributed by atoms with Gasteiger partial charge < -0.3 is 0 Å². The molecule has 9 unspecified atom stereocenters. The first-order chi connectivity index (χ1) is 13.9. The van der Waals surface area contributed by atoms with E-state index in [-0.39, 0.29) is 11.3 Å². The van der Waals surface area contributed by atoms with Gasteiger partial charge in [0, 0.05) is 12.3 Å². The molecular formula is C29H48O. The van der Waals surface area contributed by atoms with Gasteiger partial charge in [0.15, 0.2) is 0 Å². The minimum Gasteiger partial charge on any atom is -0.299 e. The first-order valence-corrected chi connectivity index (χ1v) is 13.4. The molecule has 0 radical (unpaired) electrons. The Hall–Kier alpha value is -0.330. The summed E-state index contributed by atoms with van der Waals surface area (Å²) in [4.78, 5) is 12.7. The van der Waals surface area contributed by atoms with Crippen molar-refractivity contribution in [2.75, 3.05) is 0 Å². The van der Waals surface area contributed by atoms with Crippen molar-refractivity contribution in [3.8, 4) is 0 Å².